The molecule has 1 heterocycles. The van der Waals surface area contributed by atoms with Gasteiger partial charge in [0.15, 0.2) is 0 Å². The summed E-state index contributed by atoms with van der Waals surface area (Å²) in [5.41, 5.74) is 4.17. The zero-order chi connectivity index (χ0) is 14.7. The Bertz CT molecular complexity index is 626. The van der Waals surface area contributed by atoms with Crippen LogP contribution < -0.4 is 10.1 Å². The van der Waals surface area contributed by atoms with Gasteiger partial charge in [-0.1, -0.05) is 30.3 Å². The van der Waals surface area contributed by atoms with Crippen LogP contribution in [-0.2, 0) is 12.8 Å². The quantitative estimate of drug-likeness (QED) is 0.772. The van der Waals surface area contributed by atoms with Gasteiger partial charge in [0.2, 0.25) is 0 Å². The predicted octanol–water partition coefficient (Wildman–Crippen LogP) is 4.12. The van der Waals surface area contributed by atoms with Crippen LogP contribution in [0.4, 0.5) is 0 Å². The maximum absolute atomic E-state index is 5.57. The molecule has 1 unspecified atom stereocenters. The Labute approximate surface area is 140 Å². The highest BCUT2D eigenvalue weighted by Gasteiger charge is 2.14. The minimum absolute atomic E-state index is 0.405. The lowest BCUT2D eigenvalue weighted by Gasteiger charge is -2.18. The number of ether oxygens (including phenoxy) is 1. The van der Waals surface area contributed by atoms with Crippen molar-refractivity contribution in [3.05, 3.63) is 62.7 Å². The van der Waals surface area contributed by atoms with E-state index in [1.807, 2.05) is 7.05 Å². The van der Waals surface area contributed by atoms with E-state index in [1.54, 1.807) is 0 Å². The summed E-state index contributed by atoms with van der Waals surface area (Å²) in [6, 6.07) is 15.7. The summed E-state index contributed by atoms with van der Waals surface area (Å²) in [6.45, 7) is 0.833. The maximum Gasteiger partial charge on any atom is 0.122 e. The van der Waals surface area contributed by atoms with Crippen molar-refractivity contribution in [2.45, 2.75) is 25.3 Å². The molecule has 2 nitrogen and oxygen atoms in total. The first-order valence-corrected chi connectivity index (χ1v) is 8.52. The summed E-state index contributed by atoms with van der Waals surface area (Å²) in [7, 11) is 2.05. The van der Waals surface area contributed by atoms with Gasteiger partial charge in [0.25, 0.3) is 0 Å². The number of halogens is 1. The van der Waals surface area contributed by atoms with Crippen molar-refractivity contribution in [1.82, 2.24) is 5.32 Å². The first-order chi connectivity index (χ1) is 10.3. The van der Waals surface area contributed by atoms with E-state index in [-0.39, 0.29) is 0 Å². The Balaban J connectivity index is 1.70. The van der Waals surface area contributed by atoms with Gasteiger partial charge < -0.3 is 10.1 Å². The SMILES string of the molecule is CNC(CCc1ccc2c(c1)CCO2)c1ccccc1I. The zero-order valence-electron chi connectivity index (χ0n) is 12.2. The fourth-order valence-corrected chi connectivity index (χ4v) is 3.68. The highest BCUT2D eigenvalue weighted by atomic mass is 127. The molecule has 21 heavy (non-hydrogen) atoms. The predicted molar refractivity (Wildman–Crippen MR) is 94.9 cm³/mol. The average molecular weight is 393 g/mol. The van der Waals surface area contributed by atoms with Crippen LogP contribution >= 0.6 is 22.6 Å². The van der Waals surface area contributed by atoms with E-state index in [0.717, 1.165) is 31.6 Å². The Hall–Kier alpha value is -1.07. The number of hydrogen-bond donors (Lipinski definition) is 1. The minimum atomic E-state index is 0.405. The molecule has 0 radical (unpaired) electrons. The Kier molecular flexibility index (Phi) is 4.80. The molecular weight excluding hydrogens is 373 g/mol. The van der Waals surface area contributed by atoms with Crippen molar-refractivity contribution in [2.75, 3.05) is 13.7 Å². The summed E-state index contributed by atoms with van der Waals surface area (Å²) >= 11 is 2.42. The van der Waals surface area contributed by atoms with Gasteiger partial charge in [0.05, 0.1) is 6.61 Å². The molecule has 0 fully saturated rings. The van der Waals surface area contributed by atoms with E-state index in [4.69, 9.17) is 4.74 Å². The second-order valence-corrected chi connectivity index (χ2v) is 6.60. The van der Waals surface area contributed by atoms with Gasteiger partial charge in [-0.15, -0.1) is 0 Å². The molecule has 3 rings (SSSR count). The van der Waals surface area contributed by atoms with Gasteiger partial charge in [-0.05, 0) is 71.3 Å². The second-order valence-electron chi connectivity index (χ2n) is 5.44. The summed E-state index contributed by atoms with van der Waals surface area (Å²) in [6.07, 6.45) is 3.25. The van der Waals surface area contributed by atoms with Crippen LogP contribution in [-0.4, -0.2) is 13.7 Å². The molecule has 2 aromatic carbocycles. The van der Waals surface area contributed by atoms with Crippen molar-refractivity contribution < 1.29 is 4.74 Å². The van der Waals surface area contributed by atoms with Gasteiger partial charge in [-0.3, -0.25) is 0 Å². The molecule has 1 aliphatic rings. The van der Waals surface area contributed by atoms with E-state index >= 15 is 0 Å². The van der Waals surface area contributed by atoms with Crippen molar-refractivity contribution in [2.24, 2.45) is 0 Å². The monoisotopic (exact) mass is 393 g/mol. The topological polar surface area (TPSA) is 21.3 Å². The third-order valence-electron chi connectivity index (χ3n) is 4.10. The molecule has 1 N–H and O–H groups in total. The van der Waals surface area contributed by atoms with Gasteiger partial charge in [-0.25, -0.2) is 0 Å². The molecule has 0 aromatic heterocycles. The number of nitrogens with one attached hydrogen (secondary N) is 1. The van der Waals surface area contributed by atoms with Crippen LogP contribution in [0.25, 0.3) is 0 Å². The van der Waals surface area contributed by atoms with Crippen molar-refractivity contribution in [3.63, 3.8) is 0 Å². The van der Waals surface area contributed by atoms with Crippen LogP contribution in [0.2, 0.25) is 0 Å². The van der Waals surface area contributed by atoms with Crippen molar-refractivity contribution in [1.29, 1.82) is 0 Å². The summed E-state index contributed by atoms with van der Waals surface area (Å²) in [5, 5.41) is 3.45. The number of hydrogen-bond acceptors (Lipinski definition) is 2. The van der Waals surface area contributed by atoms with E-state index in [1.165, 1.54) is 20.3 Å². The van der Waals surface area contributed by atoms with Gasteiger partial charge in [0, 0.05) is 16.0 Å². The van der Waals surface area contributed by atoms with Crippen LogP contribution in [0.5, 0.6) is 5.75 Å². The second kappa shape index (κ2) is 6.79. The summed E-state index contributed by atoms with van der Waals surface area (Å²) in [5.74, 6) is 1.07. The number of benzene rings is 2. The molecular formula is C18H20INO. The maximum atomic E-state index is 5.57. The summed E-state index contributed by atoms with van der Waals surface area (Å²) < 4.78 is 6.90. The van der Waals surface area contributed by atoms with E-state index in [0.29, 0.717) is 6.04 Å². The largest absolute Gasteiger partial charge is 0.493 e. The number of fused-ring (bicyclic) bond motifs is 1. The van der Waals surface area contributed by atoms with E-state index < -0.39 is 0 Å². The molecule has 1 aliphatic heterocycles. The lowest BCUT2D eigenvalue weighted by atomic mass is 9.98. The standard InChI is InChI=1S/C18H20INO/c1-20-17(15-4-2-3-5-16(15)19)8-6-13-7-9-18-14(12-13)10-11-21-18/h2-5,7,9,12,17,20H,6,8,10-11H2,1H3. The molecule has 0 saturated carbocycles. The highest BCUT2D eigenvalue weighted by Crippen LogP contribution is 2.28. The Morgan fingerprint density at radius 1 is 1.24 bits per heavy atom. The van der Waals surface area contributed by atoms with Crippen LogP contribution in [0.15, 0.2) is 42.5 Å². The van der Waals surface area contributed by atoms with E-state index in [2.05, 4.69) is 70.4 Å². The third kappa shape index (κ3) is 3.40. The zero-order valence-corrected chi connectivity index (χ0v) is 14.4. The van der Waals surface area contributed by atoms with Gasteiger partial charge in [-0.2, -0.15) is 0 Å². The molecule has 110 valence electrons. The average Bonchev–Trinajstić information content (AvgIpc) is 2.97. The van der Waals surface area contributed by atoms with Crippen LogP contribution in [0, 0.1) is 3.57 Å². The lowest BCUT2D eigenvalue weighted by Crippen LogP contribution is -2.18. The molecule has 2 aromatic rings. The first kappa shape index (κ1) is 14.9. The fourth-order valence-electron chi connectivity index (χ4n) is 2.92. The highest BCUT2D eigenvalue weighted by molar-refractivity contribution is 14.1. The number of aryl methyl sites for hydroxylation is 1. The minimum Gasteiger partial charge on any atom is -0.493 e. The lowest BCUT2D eigenvalue weighted by molar-refractivity contribution is 0.357. The molecule has 0 aliphatic carbocycles. The molecule has 0 amide bonds. The van der Waals surface area contributed by atoms with Crippen LogP contribution in [0.1, 0.15) is 29.2 Å². The summed E-state index contributed by atoms with van der Waals surface area (Å²) in [4.78, 5) is 0. The Morgan fingerprint density at radius 3 is 2.90 bits per heavy atom. The molecule has 1 atom stereocenters. The number of rotatable bonds is 5. The Morgan fingerprint density at radius 2 is 2.10 bits per heavy atom. The van der Waals surface area contributed by atoms with Crippen molar-refractivity contribution in [3.8, 4) is 5.75 Å². The molecule has 0 bridgehead atoms. The van der Waals surface area contributed by atoms with Crippen LogP contribution in [0.3, 0.4) is 0 Å². The van der Waals surface area contributed by atoms with Crippen molar-refractivity contribution >= 4 is 22.6 Å². The normalized spacial score (nSPS) is 14.6. The smallest absolute Gasteiger partial charge is 0.122 e. The third-order valence-corrected chi connectivity index (χ3v) is 5.09. The molecule has 0 spiro atoms. The van der Waals surface area contributed by atoms with Gasteiger partial charge in [0.1, 0.15) is 5.75 Å². The van der Waals surface area contributed by atoms with Gasteiger partial charge >= 0.3 is 0 Å². The van der Waals surface area contributed by atoms with E-state index in [9.17, 15) is 0 Å². The molecule has 0 saturated heterocycles. The molecule has 3 heteroatoms. The first-order valence-electron chi connectivity index (χ1n) is 7.44. The fraction of sp³-hybridized carbons (Fsp3) is 0.333.